The number of benzene rings is 1. The molecule has 1 heterocycles. The monoisotopic (exact) mass is 418 g/mol. The van der Waals surface area contributed by atoms with Gasteiger partial charge in [0.2, 0.25) is 0 Å². The summed E-state index contributed by atoms with van der Waals surface area (Å²) < 4.78 is 6.47. The van der Waals surface area contributed by atoms with Gasteiger partial charge in [-0.15, -0.1) is 0 Å². The molecule has 0 bridgehead atoms. The summed E-state index contributed by atoms with van der Waals surface area (Å²) in [5.74, 6) is 0. The maximum absolute atomic E-state index is 5.31. The van der Waals surface area contributed by atoms with Crippen molar-refractivity contribution in [3.05, 3.63) is 33.4 Å². The number of rotatable bonds is 5. The van der Waals surface area contributed by atoms with E-state index in [2.05, 4.69) is 43.3 Å². The summed E-state index contributed by atoms with van der Waals surface area (Å²) in [6.07, 6.45) is 1.78. The summed E-state index contributed by atoms with van der Waals surface area (Å²) in [5.41, 5.74) is 3.91. The fourth-order valence-electron chi connectivity index (χ4n) is 1.93. The number of ether oxygens (including phenoxy) is 1. The molecule has 0 atom stereocenters. The first-order valence-electron chi connectivity index (χ1n) is 6.87. The predicted molar refractivity (Wildman–Crippen MR) is 97.7 cm³/mol. The van der Waals surface area contributed by atoms with E-state index in [1.165, 1.54) is 0 Å². The Kier molecular flexibility index (Phi) is 7.34. The van der Waals surface area contributed by atoms with E-state index in [1.54, 1.807) is 6.21 Å². The highest BCUT2D eigenvalue weighted by Crippen LogP contribution is 2.08. The van der Waals surface area contributed by atoms with E-state index in [-0.39, 0.29) is 0 Å². The lowest BCUT2D eigenvalue weighted by molar-refractivity contribution is 0.0389. The zero-order valence-electron chi connectivity index (χ0n) is 11.7. The summed E-state index contributed by atoms with van der Waals surface area (Å²) in [6, 6.07) is 8.05. The smallest absolute Gasteiger partial charge is 0.187 e. The highest BCUT2D eigenvalue weighted by Gasteiger charge is 2.09. The maximum atomic E-state index is 5.31. The maximum Gasteiger partial charge on any atom is 0.187 e. The minimum absolute atomic E-state index is 0.547. The zero-order valence-corrected chi connectivity index (χ0v) is 14.7. The Hall–Kier alpha value is -0.770. The number of hydrogen-bond donors (Lipinski definition) is 2. The standard InChI is InChI=1S/C14H19IN4OS/c15-13-4-2-1-3-12(13)11-17-18-14(21)16-5-6-19-7-9-20-10-8-19/h1-4,11H,5-10H2,(H2,16,18,21)/b17-11-. The topological polar surface area (TPSA) is 48.9 Å². The lowest BCUT2D eigenvalue weighted by Gasteiger charge is -2.26. The van der Waals surface area contributed by atoms with Crippen LogP contribution in [-0.2, 0) is 4.74 Å². The van der Waals surface area contributed by atoms with Crippen molar-refractivity contribution in [3.63, 3.8) is 0 Å². The molecule has 0 aromatic heterocycles. The first kappa shape index (κ1) is 16.6. The Bertz CT molecular complexity index is 492. The molecule has 1 aromatic carbocycles. The van der Waals surface area contributed by atoms with E-state index in [1.807, 2.05) is 24.3 Å². The van der Waals surface area contributed by atoms with Gasteiger partial charge in [-0.2, -0.15) is 5.10 Å². The molecule has 5 nitrogen and oxygen atoms in total. The Morgan fingerprint density at radius 2 is 2.14 bits per heavy atom. The Morgan fingerprint density at radius 1 is 1.38 bits per heavy atom. The van der Waals surface area contributed by atoms with Crippen molar-refractivity contribution in [2.45, 2.75) is 0 Å². The van der Waals surface area contributed by atoms with Gasteiger partial charge in [0.1, 0.15) is 0 Å². The minimum atomic E-state index is 0.547. The van der Waals surface area contributed by atoms with E-state index < -0.39 is 0 Å². The summed E-state index contributed by atoms with van der Waals surface area (Å²) in [4.78, 5) is 2.36. The molecular weight excluding hydrogens is 399 g/mol. The Morgan fingerprint density at radius 3 is 2.90 bits per heavy atom. The molecule has 21 heavy (non-hydrogen) atoms. The number of nitrogens with zero attached hydrogens (tertiary/aromatic N) is 2. The van der Waals surface area contributed by atoms with Gasteiger partial charge in [0.25, 0.3) is 0 Å². The molecule has 0 spiro atoms. The van der Waals surface area contributed by atoms with Gasteiger partial charge in [0.15, 0.2) is 5.11 Å². The van der Waals surface area contributed by atoms with Gasteiger partial charge >= 0.3 is 0 Å². The second-order valence-corrected chi connectivity index (χ2v) is 6.17. The van der Waals surface area contributed by atoms with Crippen LogP contribution in [-0.4, -0.2) is 55.6 Å². The average molecular weight is 418 g/mol. The van der Waals surface area contributed by atoms with Crippen LogP contribution in [0.15, 0.2) is 29.4 Å². The van der Waals surface area contributed by atoms with Crippen LogP contribution in [0.2, 0.25) is 0 Å². The molecule has 0 saturated carbocycles. The second kappa shape index (κ2) is 9.29. The first-order valence-corrected chi connectivity index (χ1v) is 8.36. The first-order chi connectivity index (χ1) is 10.3. The summed E-state index contributed by atoms with van der Waals surface area (Å²) in [5, 5.41) is 7.85. The van der Waals surface area contributed by atoms with E-state index in [0.29, 0.717) is 5.11 Å². The predicted octanol–water partition coefficient (Wildman–Crippen LogP) is 1.42. The van der Waals surface area contributed by atoms with Crippen molar-refractivity contribution < 1.29 is 4.74 Å². The van der Waals surface area contributed by atoms with Gasteiger partial charge in [0.05, 0.1) is 19.4 Å². The SMILES string of the molecule is S=C(NCCN1CCOCC1)N/N=C\c1ccccc1I. The van der Waals surface area contributed by atoms with Gasteiger partial charge in [-0.25, -0.2) is 0 Å². The second-order valence-electron chi connectivity index (χ2n) is 4.60. The van der Waals surface area contributed by atoms with Crippen LogP contribution in [0.4, 0.5) is 0 Å². The van der Waals surface area contributed by atoms with Crippen molar-refractivity contribution in [1.29, 1.82) is 0 Å². The third-order valence-electron chi connectivity index (χ3n) is 3.09. The Labute approximate surface area is 144 Å². The van der Waals surface area contributed by atoms with Crippen LogP contribution in [0.1, 0.15) is 5.56 Å². The van der Waals surface area contributed by atoms with E-state index in [0.717, 1.165) is 48.5 Å². The molecule has 0 radical (unpaired) electrons. The van der Waals surface area contributed by atoms with Gasteiger partial charge in [0, 0.05) is 35.3 Å². The third kappa shape index (κ3) is 6.25. The fraction of sp³-hybridized carbons (Fsp3) is 0.429. The van der Waals surface area contributed by atoms with Crippen LogP contribution in [0.3, 0.4) is 0 Å². The third-order valence-corrected chi connectivity index (χ3v) is 4.31. The van der Waals surface area contributed by atoms with Crippen molar-refractivity contribution in [3.8, 4) is 0 Å². The van der Waals surface area contributed by atoms with Crippen LogP contribution in [0.25, 0.3) is 0 Å². The zero-order chi connectivity index (χ0) is 14.9. The highest BCUT2D eigenvalue weighted by atomic mass is 127. The number of hydrazone groups is 1. The average Bonchev–Trinajstić information content (AvgIpc) is 2.50. The van der Waals surface area contributed by atoms with Gasteiger partial charge in [-0.05, 0) is 40.9 Å². The molecule has 0 aliphatic carbocycles. The van der Waals surface area contributed by atoms with Crippen molar-refractivity contribution in [1.82, 2.24) is 15.6 Å². The molecule has 1 aliphatic heterocycles. The highest BCUT2D eigenvalue weighted by molar-refractivity contribution is 14.1. The molecule has 1 aromatic rings. The summed E-state index contributed by atoms with van der Waals surface area (Å²) in [6.45, 7) is 5.40. The van der Waals surface area contributed by atoms with E-state index in [4.69, 9.17) is 17.0 Å². The van der Waals surface area contributed by atoms with Crippen molar-refractivity contribution in [2.75, 3.05) is 39.4 Å². The van der Waals surface area contributed by atoms with Crippen LogP contribution < -0.4 is 10.7 Å². The molecular formula is C14H19IN4OS. The van der Waals surface area contributed by atoms with Crippen LogP contribution in [0, 0.1) is 3.57 Å². The molecule has 0 unspecified atom stereocenters. The quantitative estimate of drug-likeness (QED) is 0.328. The normalized spacial score (nSPS) is 16.0. The summed E-state index contributed by atoms with van der Waals surface area (Å²) >= 11 is 7.47. The molecule has 7 heteroatoms. The van der Waals surface area contributed by atoms with E-state index in [9.17, 15) is 0 Å². The number of morpholine rings is 1. The van der Waals surface area contributed by atoms with Crippen molar-refractivity contribution in [2.24, 2.45) is 5.10 Å². The molecule has 2 N–H and O–H groups in total. The number of hydrogen-bond acceptors (Lipinski definition) is 4. The van der Waals surface area contributed by atoms with Gasteiger partial charge < -0.3 is 10.1 Å². The molecule has 114 valence electrons. The lowest BCUT2D eigenvalue weighted by Crippen LogP contribution is -2.42. The Balaban J connectivity index is 1.64. The molecule has 1 fully saturated rings. The largest absolute Gasteiger partial charge is 0.379 e. The van der Waals surface area contributed by atoms with Crippen molar-refractivity contribution >= 4 is 46.1 Å². The molecule has 1 aliphatic rings. The van der Waals surface area contributed by atoms with Crippen LogP contribution in [0.5, 0.6) is 0 Å². The lowest BCUT2D eigenvalue weighted by atomic mass is 10.2. The summed E-state index contributed by atoms with van der Waals surface area (Å²) in [7, 11) is 0. The van der Waals surface area contributed by atoms with Crippen LogP contribution >= 0.6 is 34.8 Å². The van der Waals surface area contributed by atoms with E-state index >= 15 is 0 Å². The van der Waals surface area contributed by atoms with Gasteiger partial charge in [-0.1, -0.05) is 18.2 Å². The molecule has 2 rings (SSSR count). The fourth-order valence-corrected chi connectivity index (χ4v) is 2.61. The number of thiocarbonyl (C=S) groups is 1. The number of nitrogens with one attached hydrogen (secondary N) is 2. The molecule has 1 saturated heterocycles. The molecule has 0 amide bonds. The van der Waals surface area contributed by atoms with Gasteiger partial charge in [-0.3, -0.25) is 10.3 Å². The number of halogens is 1. The minimum Gasteiger partial charge on any atom is -0.379 e.